The van der Waals surface area contributed by atoms with Crippen molar-refractivity contribution in [1.29, 1.82) is 0 Å². The third kappa shape index (κ3) is 4.31. The molecule has 0 aliphatic heterocycles. The minimum absolute atomic E-state index is 0.172. The topological polar surface area (TPSA) is 71.2 Å². The number of hydrogen-bond donors (Lipinski definition) is 2. The number of aliphatic hydroxyl groups excluding tert-OH is 1. The second kappa shape index (κ2) is 7.43. The standard InChI is InChI=1S/C17H22ClN3O2/c1-11-20-17(23-21-11)13-8-14(16(22)9-13)10-19-6-5-12-3-2-4-15(18)7-12/h2-4,7,13-14,16,19,22H,5-6,8-10H2,1H3/t13-,14+,16+/m0/s1. The predicted molar refractivity (Wildman–Crippen MR) is 88.5 cm³/mol. The van der Waals surface area contributed by atoms with Gasteiger partial charge >= 0.3 is 0 Å². The summed E-state index contributed by atoms with van der Waals surface area (Å²) in [6.07, 6.45) is 2.19. The first-order valence-corrected chi connectivity index (χ1v) is 8.43. The molecule has 1 saturated carbocycles. The Morgan fingerprint density at radius 3 is 3.00 bits per heavy atom. The van der Waals surface area contributed by atoms with Crippen molar-refractivity contribution in [2.75, 3.05) is 13.1 Å². The zero-order valence-corrected chi connectivity index (χ0v) is 14.0. The summed E-state index contributed by atoms with van der Waals surface area (Å²) in [5.74, 6) is 1.71. The van der Waals surface area contributed by atoms with E-state index in [1.54, 1.807) is 0 Å². The van der Waals surface area contributed by atoms with E-state index in [4.69, 9.17) is 16.1 Å². The zero-order valence-electron chi connectivity index (χ0n) is 13.2. The van der Waals surface area contributed by atoms with E-state index in [1.807, 2.05) is 25.1 Å². The van der Waals surface area contributed by atoms with Crippen molar-refractivity contribution >= 4 is 11.6 Å². The van der Waals surface area contributed by atoms with Crippen molar-refractivity contribution in [2.24, 2.45) is 5.92 Å². The van der Waals surface area contributed by atoms with Crippen molar-refractivity contribution in [1.82, 2.24) is 15.5 Å². The molecule has 2 N–H and O–H groups in total. The van der Waals surface area contributed by atoms with Crippen LogP contribution in [0.4, 0.5) is 0 Å². The van der Waals surface area contributed by atoms with Gasteiger partial charge in [-0.2, -0.15) is 4.98 Å². The highest BCUT2D eigenvalue weighted by molar-refractivity contribution is 6.30. The van der Waals surface area contributed by atoms with Gasteiger partial charge in [-0.05, 0) is 56.3 Å². The number of nitrogens with zero attached hydrogens (tertiary/aromatic N) is 2. The molecule has 2 aromatic rings. The number of aliphatic hydroxyl groups is 1. The molecule has 0 saturated heterocycles. The number of aromatic nitrogens is 2. The van der Waals surface area contributed by atoms with Crippen molar-refractivity contribution < 1.29 is 9.63 Å². The predicted octanol–water partition coefficient (Wildman–Crippen LogP) is 2.72. The second-order valence-corrected chi connectivity index (χ2v) is 6.70. The summed E-state index contributed by atoms with van der Waals surface area (Å²) < 4.78 is 5.23. The fourth-order valence-electron chi connectivity index (χ4n) is 3.22. The Hall–Kier alpha value is -1.43. The molecule has 0 unspecified atom stereocenters. The molecule has 124 valence electrons. The first kappa shape index (κ1) is 16.4. The van der Waals surface area contributed by atoms with Gasteiger partial charge in [0.25, 0.3) is 0 Å². The number of hydrogen-bond acceptors (Lipinski definition) is 5. The molecule has 1 aliphatic rings. The van der Waals surface area contributed by atoms with Gasteiger partial charge in [-0.1, -0.05) is 28.9 Å². The summed E-state index contributed by atoms with van der Waals surface area (Å²) in [4.78, 5) is 4.28. The largest absolute Gasteiger partial charge is 0.393 e. The molecule has 1 fully saturated rings. The van der Waals surface area contributed by atoms with Crippen LogP contribution in [-0.4, -0.2) is 34.4 Å². The molecule has 0 amide bonds. The van der Waals surface area contributed by atoms with Crippen LogP contribution in [-0.2, 0) is 6.42 Å². The summed E-state index contributed by atoms with van der Waals surface area (Å²) in [7, 11) is 0. The SMILES string of the molecule is Cc1noc([C@H]2C[C@H](CNCCc3cccc(Cl)c3)[C@H](O)C2)n1. The van der Waals surface area contributed by atoms with Crippen LogP contribution >= 0.6 is 11.6 Å². The number of halogens is 1. The monoisotopic (exact) mass is 335 g/mol. The van der Waals surface area contributed by atoms with E-state index in [9.17, 15) is 5.11 Å². The van der Waals surface area contributed by atoms with E-state index in [0.717, 1.165) is 31.0 Å². The van der Waals surface area contributed by atoms with Crippen molar-refractivity contribution in [3.63, 3.8) is 0 Å². The van der Waals surface area contributed by atoms with Gasteiger partial charge in [0, 0.05) is 17.5 Å². The molecule has 0 radical (unpaired) electrons. The Bertz CT molecular complexity index is 646. The Morgan fingerprint density at radius 2 is 2.26 bits per heavy atom. The summed E-state index contributed by atoms with van der Waals surface area (Å²) in [5, 5.41) is 18.3. The van der Waals surface area contributed by atoms with Gasteiger partial charge < -0.3 is 14.9 Å². The van der Waals surface area contributed by atoms with Crippen molar-refractivity contribution in [3.8, 4) is 0 Å². The average Bonchev–Trinajstić information content (AvgIpc) is 3.10. The molecule has 23 heavy (non-hydrogen) atoms. The van der Waals surface area contributed by atoms with Gasteiger partial charge in [0.15, 0.2) is 5.82 Å². The second-order valence-electron chi connectivity index (χ2n) is 6.26. The summed E-state index contributed by atoms with van der Waals surface area (Å²) in [6.45, 7) is 3.48. The van der Waals surface area contributed by atoms with E-state index >= 15 is 0 Å². The number of rotatable bonds is 6. The van der Waals surface area contributed by atoms with E-state index in [0.29, 0.717) is 18.1 Å². The maximum Gasteiger partial charge on any atom is 0.229 e. The smallest absolute Gasteiger partial charge is 0.229 e. The lowest BCUT2D eigenvalue weighted by Gasteiger charge is -2.15. The molecule has 3 atom stereocenters. The molecule has 5 nitrogen and oxygen atoms in total. The number of aryl methyl sites for hydroxylation is 1. The fraction of sp³-hybridized carbons (Fsp3) is 0.529. The molecular weight excluding hydrogens is 314 g/mol. The highest BCUT2D eigenvalue weighted by Gasteiger charge is 2.36. The maximum absolute atomic E-state index is 10.2. The molecule has 1 aromatic carbocycles. The zero-order chi connectivity index (χ0) is 16.2. The molecule has 1 aromatic heterocycles. The average molecular weight is 336 g/mol. The van der Waals surface area contributed by atoms with E-state index in [1.165, 1.54) is 5.56 Å². The van der Waals surface area contributed by atoms with Gasteiger partial charge in [0.2, 0.25) is 5.89 Å². The minimum Gasteiger partial charge on any atom is -0.393 e. The lowest BCUT2D eigenvalue weighted by atomic mass is 10.0. The maximum atomic E-state index is 10.2. The number of nitrogens with one attached hydrogen (secondary N) is 1. The Morgan fingerprint density at radius 1 is 1.39 bits per heavy atom. The van der Waals surface area contributed by atoms with E-state index in [2.05, 4.69) is 21.5 Å². The van der Waals surface area contributed by atoms with E-state index in [-0.39, 0.29) is 17.9 Å². The highest BCUT2D eigenvalue weighted by Crippen LogP contribution is 2.37. The Labute approximate surface area is 141 Å². The Kier molecular flexibility index (Phi) is 5.30. The lowest BCUT2D eigenvalue weighted by Crippen LogP contribution is -2.29. The molecule has 0 spiro atoms. The van der Waals surface area contributed by atoms with Gasteiger partial charge in [-0.15, -0.1) is 0 Å². The highest BCUT2D eigenvalue weighted by atomic mass is 35.5. The molecule has 1 aliphatic carbocycles. The normalized spacial score (nSPS) is 24.2. The first-order valence-electron chi connectivity index (χ1n) is 8.05. The van der Waals surface area contributed by atoms with Gasteiger partial charge in [-0.25, -0.2) is 0 Å². The van der Waals surface area contributed by atoms with Crippen molar-refractivity contribution in [3.05, 3.63) is 46.6 Å². The third-order valence-electron chi connectivity index (χ3n) is 4.44. The van der Waals surface area contributed by atoms with Crippen LogP contribution in [0.25, 0.3) is 0 Å². The van der Waals surface area contributed by atoms with Gasteiger partial charge in [0.1, 0.15) is 0 Å². The molecule has 1 heterocycles. The van der Waals surface area contributed by atoms with Crippen LogP contribution in [0, 0.1) is 12.8 Å². The van der Waals surface area contributed by atoms with Crippen LogP contribution in [0.1, 0.15) is 36.0 Å². The van der Waals surface area contributed by atoms with E-state index < -0.39 is 0 Å². The lowest BCUT2D eigenvalue weighted by molar-refractivity contribution is 0.131. The minimum atomic E-state index is -0.314. The van der Waals surface area contributed by atoms with Crippen LogP contribution in [0.3, 0.4) is 0 Å². The van der Waals surface area contributed by atoms with Crippen molar-refractivity contribution in [2.45, 2.75) is 38.2 Å². The van der Waals surface area contributed by atoms with Gasteiger partial charge in [-0.3, -0.25) is 0 Å². The molecule has 3 rings (SSSR count). The molecule has 6 heteroatoms. The summed E-state index contributed by atoms with van der Waals surface area (Å²) in [6, 6.07) is 7.91. The van der Waals surface area contributed by atoms with Crippen LogP contribution in [0.5, 0.6) is 0 Å². The Balaban J connectivity index is 1.43. The quantitative estimate of drug-likeness (QED) is 0.794. The molecular formula is C17H22ClN3O2. The summed E-state index contributed by atoms with van der Waals surface area (Å²) >= 11 is 5.98. The number of benzene rings is 1. The van der Waals surface area contributed by atoms with Crippen LogP contribution in [0.2, 0.25) is 5.02 Å². The summed E-state index contributed by atoms with van der Waals surface area (Å²) in [5.41, 5.74) is 1.22. The molecule has 0 bridgehead atoms. The third-order valence-corrected chi connectivity index (χ3v) is 4.67. The van der Waals surface area contributed by atoms with Crippen LogP contribution in [0.15, 0.2) is 28.8 Å². The fourth-order valence-corrected chi connectivity index (χ4v) is 3.43. The van der Waals surface area contributed by atoms with Gasteiger partial charge in [0.05, 0.1) is 6.10 Å². The van der Waals surface area contributed by atoms with Crippen LogP contribution < -0.4 is 5.32 Å². The first-order chi connectivity index (χ1) is 11.1.